The van der Waals surface area contributed by atoms with Crippen molar-refractivity contribution in [3.05, 3.63) is 47.5 Å². The third-order valence-corrected chi connectivity index (χ3v) is 5.98. The number of nitrogens with one attached hydrogen (secondary N) is 1. The number of nitrogens with zero attached hydrogens (tertiary/aromatic N) is 1. The van der Waals surface area contributed by atoms with Gasteiger partial charge in [0.25, 0.3) is 0 Å². The highest BCUT2D eigenvalue weighted by Crippen LogP contribution is 2.35. The lowest BCUT2D eigenvalue weighted by atomic mass is 10.1. The number of hydrogen-bond acceptors (Lipinski definition) is 6. The maximum absolute atomic E-state index is 12.7. The number of carbonyl (C=O) groups excluding carboxylic acids is 1. The van der Waals surface area contributed by atoms with E-state index in [9.17, 15) is 13.2 Å². The molecular weight excluding hydrogens is 420 g/mol. The highest BCUT2D eigenvalue weighted by molar-refractivity contribution is 7.92. The van der Waals surface area contributed by atoms with Crippen LogP contribution in [0.4, 0.5) is 5.69 Å². The molecule has 0 aromatic heterocycles. The van der Waals surface area contributed by atoms with Crippen molar-refractivity contribution in [2.45, 2.75) is 26.8 Å². The van der Waals surface area contributed by atoms with Gasteiger partial charge in [-0.05, 0) is 56.2 Å². The minimum atomic E-state index is -3.73. The van der Waals surface area contributed by atoms with Crippen LogP contribution in [0.1, 0.15) is 18.1 Å². The molecule has 1 aliphatic heterocycles. The molecule has 31 heavy (non-hydrogen) atoms. The summed E-state index contributed by atoms with van der Waals surface area (Å²) in [4.78, 5) is 12.7. The smallest absolute Gasteiger partial charge is 0.243 e. The minimum Gasteiger partial charge on any atom is -0.492 e. The monoisotopic (exact) mass is 448 g/mol. The maximum atomic E-state index is 12.7. The number of sulfonamides is 1. The van der Waals surface area contributed by atoms with Crippen LogP contribution in [0.3, 0.4) is 0 Å². The zero-order valence-electron chi connectivity index (χ0n) is 18.2. The van der Waals surface area contributed by atoms with Crippen molar-refractivity contribution in [3.8, 4) is 17.2 Å². The number of hydrogen-bond donors (Lipinski definition) is 1. The lowest BCUT2D eigenvalue weighted by molar-refractivity contribution is -0.121. The Morgan fingerprint density at radius 1 is 1.10 bits per heavy atom. The molecule has 1 atom stereocenters. The molecule has 9 heteroatoms. The van der Waals surface area contributed by atoms with E-state index in [1.165, 1.54) is 6.92 Å². The van der Waals surface area contributed by atoms with E-state index in [0.717, 1.165) is 27.4 Å². The molecule has 0 spiro atoms. The molecule has 1 aliphatic rings. The van der Waals surface area contributed by atoms with Gasteiger partial charge in [0.2, 0.25) is 15.9 Å². The third kappa shape index (κ3) is 5.81. The molecule has 0 fully saturated rings. The van der Waals surface area contributed by atoms with Crippen LogP contribution in [0.15, 0.2) is 36.4 Å². The molecule has 2 aromatic carbocycles. The average Bonchev–Trinajstić information content (AvgIpc) is 2.69. The fourth-order valence-corrected chi connectivity index (χ4v) is 4.65. The summed E-state index contributed by atoms with van der Waals surface area (Å²) < 4.78 is 42.7. The van der Waals surface area contributed by atoms with E-state index in [2.05, 4.69) is 5.32 Å². The van der Waals surface area contributed by atoms with Crippen molar-refractivity contribution in [1.82, 2.24) is 5.32 Å². The summed E-state index contributed by atoms with van der Waals surface area (Å²) in [6, 6.07) is 9.75. The van der Waals surface area contributed by atoms with Gasteiger partial charge in [-0.2, -0.15) is 0 Å². The molecule has 168 valence electrons. The number of ether oxygens (including phenoxy) is 3. The molecule has 1 heterocycles. The Bertz CT molecular complexity index is 1030. The molecule has 3 rings (SSSR count). The Kier molecular flexibility index (Phi) is 6.94. The zero-order valence-corrected chi connectivity index (χ0v) is 19.0. The van der Waals surface area contributed by atoms with Gasteiger partial charge in [0.05, 0.1) is 18.5 Å². The summed E-state index contributed by atoms with van der Waals surface area (Å²) in [5, 5.41) is 2.74. The molecule has 0 saturated carbocycles. The van der Waals surface area contributed by atoms with E-state index in [0.29, 0.717) is 30.4 Å². The van der Waals surface area contributed by atoms with E-state index in [1.54, 1.807) is 18.2 Å². The molecule has 0 unspecified atom stereocenters. The molecule has 0 radical (unpaired) electrons. The highest BCUT2D eigenvalue weighted by Gasteiger charge is 2.30. The first-order chi connectivity index (χ1) is 14.6. The van der Waals surface area contributed by atoms with Crippen LogP contribution in [-0.4, -0.2) is 53.0 Å². The molecule has 0 aliphatic carbocycles. The minimum absolute atomic E-state index is 0.245. The van der Waals surface area contributed by atoms with Crippen LogP contribution in [0.25, 0.3) is 0 Å². The van der Waals surface area contributed by atoms with Crippen LogP contribution < -0.4 is 23.8 Å². The predicted octanol–water partition coefficient (Wildman–Crippen LogP) is 2.42. The van der Waals surface area contributed by atoms with Crippen molar-refractivity contribution in [1.29, 1.82) is 0 Å². The summed E-state index contributed by atoms with van der Waals surface area (Å²) in [6.45, 7) is 6.84. The lowest BCUT2D eigenvalue weighted by Crippen LogP contribution is -2.48. The zero-order chi connectivity index (χ0) is 22.6. The second-order valence-electron chi connectivity index (χ2n) is 7.53. The second-order valence-corrected chi connectivity index (χ2v) is 9.39. The highest BCUT2D eigenvalue weighted by atomic mass is 32.2. The maximum Gasteiger partial charge on any atom is 0.243 e. The molecule has 0 bridgehead atoms. The van der Waals surface area contributed by atoms with Crippen LogP contribution in [0.2, 0.25) is 0 Å². The van der Waals surface area contributed by atoms with Crippen LogP contribution in [0, 0.1) is 13.8 Å². The number of anilines is 1. The fraction of sp³-hybridized carbons (Fsp3) is 0.409. The van der Waals surface area contributed by atoms with Gasteiger partial charge < -0.3 is 19.5 Å². The SMILES string of the molecule is Cc1cc(C)cc(OCCNC(=O)[C@@H](C)N(c2ccc3c(c2)OCCO3)S(C)(=O)=O)c1. The first-order valence-electron chi connectivity index (χ1n) is 10.0. The number of aryl methyl sites for hydroxylation is 2. The Hall–Kier alpha value is -2.94. The summed E-state index contributed by atoms with van der Waals surface area (Å²) in [5.41, 5.74) is 2.52. The van der Waals surface area contributed by atoms with Gasteiger partial charge in [-0.1, -0.05) is 6.07 Å². The van der Waals surface area contributed by atoms with Crippen molar-refractivity contribution in [2.24, 2.45) is 0 Å². The number of amides is 1. The molecule has 0 saturated heterocycles. The number of benzene rings is 2. The number of rotatable bonds is 8. The lowest BCUT2D eigenvalue weighted by Gasteiger charge is -2.29. The fourth-order valence-electron chi connectivity index (χ4n) is 3.48. The van der Waals surface area contributed by atoms with Gasteiger partial charge >= 0.3 is 0 Å². The topological polar surface area (TPSA) is 94.2 Å². The first kappa shape index (κ1) is 22.7. The molecular formula is C22H28N2O6S. The number of fused-ring (bicyclic) bond motifs is 1. The van der Waals surface area contributed by atoms with Gasteiger partial charge in [0.1, 0.15) is 31.6 Å². The van der Waals surface area contributed by atoms with E-state index in [4.69, 9.17) is 14.2 Å². The van der Waals surface area contributed by atoms with E-state index in [1.807, 2.05) is 32.0 Å². The van der Waals surface area contributed by atoms with Crippen LogP contribution in [-0.2, 0) is 14.8 Å². The standard InChI is InChI=1S/C22H28N2O6S/c1-15-11-16(2)13-19(12-15)28-8-7-23-22(25)17(3)24(31(4,26)27)18-5-6-20-21(14-18)30-10-9-29-20/h5-6,11-14,17H,7-10H2,1-4H3,(H,23,25)/t17-/m1/s1. The average molecular weight is 449 g/mol. The largest absolute Gasteiger partial charge is 0.492 e. The molecule has 1 N–H and O–H groups in total. The predicted molar refractivity (Wildman–Crippen MR) is 119 cm³/mol. The van der Waals surface area contributed by atoms with Crippen molar-refractivity contribution >= 4 is 21.6 Å². The Labute approximate surface area is 183 Å². The van der Waals surface area contributed by atoms with Gasteiger partial charge in [-0.3, -0.25) is 9.10 Å². The van der Waals surface area contributed by atoms with Gasteiger partial charge in [0, 0.05) is 6.07 Å². The Morgan fingerprint density at radius 2 is 1.74 bits per heavy atom. The Balaban J connectivity index is 1.64. The second kappa shape index (κ2) is 9.47. The van der Waals surface area contributed by atoms with Gasteiger partial charge in [0.15, 0.2) is 11.5 Å². The molecule has 8 nitrogen and oxygen atoms in total. The number of carbonyl (C=O) groups is 1. The summed E-state index contributed by atoms with van der Waals surface area (Å²) in [7, 11) is -3.73. The van der Waals surface area contributed by atoms with E-state index >= 15 is 0 Å². The van der Waals surface area contributed by atoms with Crippen LogP contribution in [0.5, 0.6) is 17.2 Å². The normalized spacial score (nSPS) is 13.9. The van der Waals surface area contributed by atoms with Crippen LogP contribution >= 0.6 is 0 Å². The summed E-state index contributed by atoms with van der Waals surface area (Å²) in [5.74, 6) is 1.30. The third-order valence-electron chi connectivity index (χ3n) is 4.73. The quantitative estimate of drug-likeness (QED) is 0.624. The first-order valence-corrected chi connectivity index (χ1v) is 11.9. The van der Waals surface area contributed by atoms with E-state index in [-0.39, 0.29) is 13.2 Å². The van der Waals surface area contributed by atoms with E-state index < -0.39 is 22.0 Å². The van der Waals surface area contributed by atoms with Crippen molar-refractivity contribution in [3.63, 3.8) is 0 Å². The molecule has 1 amide bonds. The summed E-state index contributed by atoms with van der Waals surface area (Å²) in [6.07, 6.45) is 1.07. The Morgan fingerprint density at radius 3 is 2.39 bits per heavy atom. The van der Waals surface area contributed by atoms with Gasteiger partial charge in [-0.15, -0.1) is 0 Å². The van der Waals surface area contributed by atoms with Crippen molar-refractivity contribution in [2.75, 3.05) is 36.9 Å². The van der Waals surface area contributed by atoms with Gasteiger partial charge in [-0.25, -0.2) is 8.42 Å². The van der Waals surface area contributed by atoms with Crippen molar-refractivity contribution < 1.29 is 27.4 Å². The summed E-state index contributed by atoms with van der Waals surface area (Å²) >= 11 is 0. The molecule has 2 aromatic rings.